The topological polar surface area (TPSA) is 32.3 Å². The van der Waals surface area contributed by atoms with Crippen molar-refractivity contribution in [2.45, 2.75) is 37.7 Å². The maximum Gasteiger partial charge on any atom is 0.0483 e. The highest BCUT2D eigenvalue weighted by Crippen LogP contribution is 2.23. The van der Waals surface area contributed by atoms with E-state index in [9.17, 15) is 4.21 Å². The first-order valence-electron chi connectivity index (χ1n) is 8.53. The molecular formula is C20H26N2OS. The Morgan fingerprint density at radius 1 is 1.12 bits per heavy atom. The third kappa shape index (κ3) is 4.68. The minimum Gasteiger partial charge on any atom is -0.381 e. The van der Waals surface area contributed by atoms with Gasteiger partial charge in [-0.05, 0) is 36.6 Å². The molecule has 0 saturated carbocycles. The molecule has 0 amide bonds. The normalized spacial score (nSPS) is 22.4. The molecular weight excluding hydrogens is 316 g/mol. The summed E-state index contributed by atoms with van der Waals surface area (Å²) >= 11 is 0. The lowest BCUT2D eigenvalue weighted by Gasteiger charge is -2.21. The van der Waals surface area contributed by atoms with Crippen LogP contribution < -0.4 is 5.32 Å². The number of anilines is 1. The molecule has 2 aromatic rings. The van der Waals surface area contributed by atoms with Crippen molar-refractivity contribution < 1.29 is 4.21 Å². The largest absolute Gasteiger partial charge is 0.381 e. The molecule has 24 heavy (non-hydrogen) atoms. The van der Waals surface area contributed by atoms with E-state index in [0.29, 0.717) is 17.8 Å². The van der Waals surface area contributed by atoms with Crippen LogP contribution in [0.5, 0.6) is 0 Å². The monoisotopic (exact) mass is 342 g/mol. The second-order valence-electron chi connectivity index (χ2n) is 6.76. The van der Waals surface area contributed by atoms with Crippen LogP contribution in [-0.2, 0) is 23.1 Å². The average molecular weight is 343 g/mol. The van der Waals surface area contributed by atoms with Crippen LogP contribution in [0.4, 0.5) is 5.69 Å². The molecule has 2 aromatic carbocycles. The maximum absolute atomic E-state index is 11.4. The highest BCUT2D eigenvalue weighted by atomic mass is 32.2. The van der Waals surface area contributed by atoms with Crippen LogP contribution in [0.15, 0.2) is 54.6 Å². The van der Waals surface area contributed by atoms with Crippen LogP contribution in [0.25, 0.3) is 0 Å². The van der Waals surface area contributed by atoms with Gasteiger partial charge in [0.15, 0.2) is 0 Å². The first-order chi connectivity index (χ1) is 11.6. The van der Waals surface area contributed by atoms with E-state index in [2.05, 4.69) is 59.6 Å². The fraction of sp³-hybridized carbons (Fsp3) is 0.400. The number of likely N-dealkylation sites (tertiary alicyclic amines) is 1. The molecule has 4 heteroatoms. The number of hydrogen-bond acceptors (Lipinski definition) is 3. The van der Waals surface area contributed by atoms with Crippen molar-refractivity contribution in [2.24, 2.45) is 0 Å². The van der Waals surface area contributed by atoms with Gasteiger partial charge in [-0.3, -0.25) is 9.11 Å². The van der Waals surface area contributed by atoms with Gasteiger partial charge in [-0.25, -0.2) is 0 Å². The molecule has 0 aromatic heterocycles. The van der Waals surface area contributed by atoms with E-state index in [1.54, 1.807) is 6.26 Å². The van der Waals surface area contributed by atoms with Gasteiger partial charge in [-0.1, -0.05) is 42.5 Å². The smallest absolute Gasteiger partial charge is 0.0483 e. The standard InChI is InChI=1S/C20H26N2OS/c1-16-11-20(14-22(16)13-17-7-4-3-5-8-17)21-19-10-6-9-18(12-19)15-24(2)23/h3-10,12,16,20-21H,11,13-15H2,1-2H3/t16-,20+,24-/m1/s1. The summed E-state index contributed by atoms with van der Waals surface area (Å²) in [6.45, 7) is 4.37. The van der Waals surface area contributed by atoms with Crippen LogP contribution in [0.1, 0.15) is 24.5 Å². The van der Waals surface area contributed by atoms with Crippen LogP contribution >= 0.6 is 0 Å². The third-order valence-corrected chi connectivity index (χ3v) is 5.34. The summed E-state index contributed by atoms with van der Waals surface area (Å²) in [5.41, 5.74) is 3.64. The second-order valence-corrected chi connectivity index (χ2v) is 8.19. The quantitative estimate of drug-likeness (QED) is 0.870. The lowest BCUT2D eigenvalue weighted by atomic mass is 10.1. The molecule has 1 N–H and O–H groups in total. The molecule has 0 radical (unpaired) electrons. The Morgan fingerprint density at radius 2 is 1.88 bits per heavy atom. The molecule has 1 aliphatic heterocycles. The number of nitrogens with zero attached hydrogens (tertiary/aromatic N) is 1. The minimum atomic E-state index is -0.799. The van der Waals surface area contributed by atoms with Gasteiger partial charge in [-0.15, -0.1) is 0 Å². The zero-order valence-corrected chi connectivity index (χ0v) is 15.3. The van der Waals surface area contributed by atoms with Crippen molar-refractivity contribution in [2.75, 3.05) is 18.1 Å². The lowest BCUT2D eigenvalue weighted by Crippen LogP contribution is -2.28. The van der Waals surface area contributed by atoms with Crippen molar-refractivity contribution in [3.05, 3.63) is 65.7 Å². The van der Waals surface area contributed by atoms with E-state index >= 15 is 0 Å². The molecule has 1 fully saturated rings. The van der Waals surface area contributed by atoms with Gasteiger partial charge >= 0.3 is 0 Å². The molecule has 3 atom stereocenters. The lowest BCUT2D eigenvalue weighted by molar-refractivity contribution is 0.259. The molecule has 1 heterocycles. The zero-order valence-electron chi connectivity index (χ0n) is 14.4. The van der Waals surface area contributed by atoms with Crippen LogP contribution in [-0.4, -0.2) is 34.0 Å². The zero-order chi connectivity index (χ0) is 16.9. The number of hydrogen-bond donors (Lipinski definition) is 1. The molecule has 1 saturated heterocycles. The highest BCUT2D eigenvalue weighted by molar-refractivity contribution is 7.83. The highest BCUT2D eigenvalue weighted by Gasteiger charge is 2.28. The summed E-state index contributed by atoms with van der Waals surface area (Å²) in [5.74, 6) is 0.622. The van der Waals surface area contributed by atoms with Gasteiger partial charge in [0.2, 0.25) is 0 Å². The Bertz CT molecular complexity index is 689. The Hall–Kier alpha value is -1.65. The SMILES string of the molecule is C[C@@H]1C[C@H](Nc2cccc(C[S@@](C)=O)c2)CN1Cc1ccccc1. The van der Waals surface area contributed by atoms with Crippen molar-refractivity contribution in [3.63, 3.8) is 0 Å². The number of rotatable bonds is 6. The van der Waals surface area contributed by atoms with Crippen molar-refractivity contribution >= 4 is 16.5 Å². The predicted octanol–water partition coefficient (Wildman–Crippen LogP) is 3.64. The van der Waals surface area contributed by atoms with Crippen molar-refractivity contribution in [1.29, 1.82) is 0 Å². The summed E-state index contributed by atoms with van der Waals surface area (Å²) in [4.78, 5) is 2.54. The van der Waals surface area contributed by atoms with Crippen LogP contribution in [0.3, 0.4) is 0 Å². The van der Waals surface area contributed by atoms with Crippen molar-refractivity contribution in [1.82, 2.24) is 4.90 Å². The predicted molar refractivity (Wildman–Crippen MR) is 103 cm³/mol. The molecule has 0 aliphatic carbocycles. The molecule has 128 valence electrons. The van der Waals surface area contributed by atoms with Gasteiger partial charge < -0.3 is 5.32 Å². The van der Waals surface area contributed by atoms with Gasteiger partial charge in [0.1, 0.15) is 0 Å². The van der Waals surface area contributed by atoms with Gasteiger partial charge in [0, 0.05) is 53.7 Å². The fourth-order valence-corrected chi connectivity index (χ4v) is 4.11. The molecule has 0 bridgehead atoms. The summed E-state index contributed by atoms with van der Waals surface area (Å²) < 4.78 is 11.4. The van der Waals surface area contributed by atoms with Crippen molar-refractivity contribution in [3.8, 4) is 0 Å². The van der Waals surface area contributed by atoms with E-state index in [1.807, 2.05) is 12.1 Å². The van der Waals surface area contributed by atoms with E-state index in [1.165, 1.54) is 5.56 Å². The third-order valence-electron chi connectivity index (χ3n) is 4.60. The Labute approximate surface area is 147 Å². The molecule has 0 spiro atoms. The van der Waals surface area contributed by atoms with E-state index in [0.717, 1.165) is 30.8 Å². The molecule has 3 rings (SSSR count). The van der Waals surface area contributed by atoms with Gasteiger partial charge in [0.25, 0.3) is 0 Å². The van der Waals surface area contributed by atoms with E-state index < -0.39 is 10.8 Å². The first-order valence-corrected chi connectivity index (χ1v) is 10.3. The summed E-state index contributed by atoms with van der Waals surface area (Å²) in [6, 6.07) is 20.0. The van der Waals surface area contributed by atoms with E-state index in [-0.39, 0.29) is 0 Å². The Morgan fingerprint density at radius 3 is 2.62 bits per heavy atom. The van der Waals surface area contributed by atoms with Gasteiger partial charge in [-0.2, -0.15) is 0 Å². The van der Waals surface area contributed by atoms with Gasteiger partial charge in [0.05, 0.1) is 0 Å². The molecule has 3 nitrogen and oxygen atoms in total. The molecule has 0 unspecified atom stereocenters. The van der Waals surface area contributed by atoms with Crippen LogP contribution in [0.2, 0.25) is 0 Å². The summed E-state index contributed by atoms with van der Waals surface area (Å²) in [6.07, 6.45) is 2.90. The first kappa shape index (κ1) is 17.2. The minimum absolute atomic E-state index is 0.464. The number of benzene rings is 2. The molecule has 1 aliphatic rings. The second kappa shape index (κ2) is 7.95. The average Bonchev–Trinajstić information content (AvgIpc) is 2.87. The summed E-state index contributed by atoms with van der Waals surface area (Å²) in [5, 5.41) is 3.66. The number of nitrogens with one attached hydrogen (secondary N) is 1. The Kier molecular flexibility index (Phi) is 5.69. The van der Waals surface area contributed by atoms with Crippen LogP contribution in [0, 0.1) is 0 Å². The maximum atomic E-state index is 11.4. The summed E-state index contributed by atoms with van der Waals surface area (Å²) in [7, 11) is -0.799. The Balaban J connectivity index is 1.60. The fourth-order valence-electron chi connectivity index (χ4n) is 3.46. The van der Waals surface area contributed by atoms with E-state index in [4.69, 9.17) is 0 Å².